The molecule has 5 nitrogen and oxygen atoms in total. The average Bonchev–Trinajstić information content (AvgIpc) is 2.52. The SMILES string of the molecule is O=C(O)CN(CCc1ccccc1)C(=O)c1ccncc1Cl. The Hall–Kier alpha value is -2.40. The average molecular weight is 319 g/mol. The summed E-state index contributed by atoms with van der Waals surface area (Å²) in [4.78, 5) is 28.6. The number of aromatic nitrogens is 1. The summed E-state index contributed by atoms with van der Waals surface area (Å²) < 4.78 is 0. The van der Waals surface area contributed by atoms with Gasteiger partial charge in [0.1, 0.15) is 6.54 Å². The summed E-state index contributed by atoms with van der Waals surface area (Å²) in [6.45, 7) is -0.0713. The van der Waals surface area contributed by atoms with Crippen molar-refractivity contribution in [3.63, 3.8) is 0 Å². The molecule has 2 rings (SSSR count). The third-order valence-electron chi connectivity index (χ3n) is 3.13. The molecule has 1 heterocycles. The number of aliphatic carboxylic acids is 1. The number of nitrogens with zero attached hydrogens (tertiary/aromatic N) is 2. The van der Waals surface area contributed by atoms with E-state index < -0.39 is 11.9 Å². The number of hydrogen-bond acceptors (Lipinski definition) is 3. The normalized spacial score (nSPS) is 10.2. The molecule has 1 aromatic heterocycles. The Morgan fingerprint density at radius 1 is 1.18 bits per heavy atom. The fraction of sp³-hybridized carbons (Fsp3) is 0.188. The van der Waals surface area contributed by atoms with Crippen LogP contribution in [0, 0.1) is 0 Å². The molecule has 0 bridgehead atoms. The van der Waals surface area contributed by atoms with Gasteiger partial charge in [-0.1, -0.05) is 41.9 Å². The van der Waals surface area contributed by atoms with Crippen LogP contribution >= 0.6 is 11.6 Å². The molecule has 1 aromatic carbocycles. The predicted octanol–water partition coefficient (Wildman–Crippen LogP) is 2.50. The second-order valence-electron chi connectivity index (χ2n) is 4.71. The molecule has 114 valence electrons. The number of carboxylic acids is 1. The molecule has 0 aliphatic rings. The Morgan fingerprint density at radius 2 is 1.91 bits per heavy atom. The number of carbonyl (C=O) groups is 2. The van der Waals surface area contributed by atoms with E-state index in [4.69, 9.17) is 16.7 Å². The lowest BCUT2D eigenvalue weighted by molar-refractivity contribution is -0.137. The molecule has 0 aliphatic carbocycles. The quantitative estimate of drug-likeness (QED) is 0.888. The Morgan fingerprint density at radius 3 is 2.55 bits per heavy atom. The monoisotopic (exact) mass is 318 g/mol. The van der Waals surface area contributed by atoms with Gasteiger partial charge in [0.05, 0.1) is 10.6 Å². The second-order valence-corrected chi connectivity index (χ2v) is 5.12. The van der Waals surface area contributed by atoms with E-state index in [1.54, 1.807) is 0 Å². The third kappa shape index (κ3) is 4.30. The van der Waals surface area contributed by atoms with Gasteiger partial charge in [0.15, 0.2) is 0 Å². The molecule has 0 aliphatic heterocycles. The largest absolute Gasteiger partial charge is 0.480 e. The lowest BCUT2D eigenvalue weighted by atomic mass is 10.1. The van der Waals surface area contributed by atoms with Gasteiger partial charge in [-0.05, 0) is 18.1 Å². The van der Waals surface area contributed by atoms with Crippen LogP contribution in [0.2, 0.25) is 5.02 Å². The summed E-state index contributed by atoms with van der Waals surface area (Å²) in [6, 6.07) is 11.1. The summed E-state index contributed by atoms with van der Waals surface area (Å²) in [6.07, 6.45) is 3.39. The van der Waals surface area contributed by atoms with Gasteiger partial charge in [-0.15, -0.1) is 0 Å². The molecule has 22 heavy (non-hydrogen) atoms. The van der Waals surface area contributed by atoms with E-state index in [-0.39, 0.29) is 17.1 Å². The molecule has 6 heteroatoms. The molecular formula is C16H15ClN2O3. The first kappa shape index (κ1) is 16.0. The zero-order chi connectivity index (χ0) is 15.9. The zero-order valence-corrected chi connectivity index (χ0v) is 12.5. The molecule has 1 N–H and O–H groups in total. The van der Waals surface area contributed by atoms with E-state index in [0.29, 0.717) is 13.0 Å². The maximum atomic E-state index is 12.5. The van der Waals surface area contributed by atoms with Crippen molar-refractivity contribution in [3.05, 3.63) is 64.9 Å². The van der Waals surface area contributed by atoms with E-state index >= 15 is 0 Å². The Bertz CT molecular complexity index is 661. The number of carboxylic acid groups (broad SMARTS) is 1. The summed E-state index contributed by atoms with van der Waals surface area (Å²) in [5.41, 5.74) is 1.29. The van der Waals surface area contributed by atoms with Crippen LogP contribution in [0.4, 0.5) is 0 Å². The van der Waals surface area contributed by atoms with Crippen molar-refractivity contribution in [2.75, 3.05) is 13.1 Å². The molecule has 2 aromatic rings. The first-order valence-electron chi connectivity index (χ1n) is 6.72. The van der Waals surface area contributed by atoms with E-state index in [0.717, 1.165) is 5.56 Å². The van der Waals surface area contributed by atoms with Gasteiger partial charge in [0.2, 0.25) is 0 Å². The van der Waals surface area contributed by atoms with Crippen molar-refractivity contribution in [2.24, 2.45) is 0 Å². The van der Waals surface area contributed by atoms with E-state index in [2.05, 4.69) is 4.98 Å². The number of rotatable bonds is 6. The number of hydrogen-bond donors (Lipinski definition) is 1. The molecule has 0 radical (unpaired) electrons. The van der Waals surface area contributed by atoms with E-state index in [1.165, 1.54) is 23.4 Å². The molecule has 0 unspecified atom stereocenters. The molecule has 0 atom stereocenters. The highest BCUT2D eigenvalue weighted by atomic mass is 35.5. The van der Waals surface area contributed by atoms with Crippen LogP contribution in [0.15, 0.2) is 48.8 Å². The van der Waals surface area contributed by atoms with Crippen LogP contribution in [0.3, 0.4) is 0 Å². The van der Waals surface area contributed by atoms with Gasteiger partial charge in [0.25, 0.3) is 5.91 Å². The lowest BCUT2D eigenvalue weighted by Crippen LogP contribution is -2.37. The van der Waals surface area contributed by atoms with Crippen molar-refractivity contribution in [1.82, 2.24) is 9.88 Å². The number of benzene rings is 1. The highest BCUT2D eigenvalue weighted by molar-refractivity contribution is 6.33. The van der Waals surface area contributed by atoms with Gasteiger partial charge in [-0.3, -0.25) is 14.6 Å². The van der Waals surface area contributed by atoms with Gasteiger partial charge < -0.3 is 10.0 Å². The van der Waals surface area contributed by atoms with Gasteiger partial charge in [0, 0.05) is 18.9 Å². The maximum Gasteiger partial charge on any atom is 0.323 e. The van der Waals surface area contributed by atoms with Crippen LogP contribution in [0.25, 0.3) is 0 Å². The number of pyridine rings is 1. The van der Waals surface area contributed by atoms with Gasteiger partial charge >= 0.3 is 5.97 Å². The summed E-state index contributed by atoms with van der Waals surface area (Å²) in [5.74, 6) is -1.47. The Labute approximate surface area is 133 Å². The molecular weight excluding hydrogens is 304 g/mol. The minimum Gasteiger partial charge on any atom is -0.480 e. The topological polar surface area (TPSA) is 70.5 Å². The third-order valence-corrected chi connectivity index (χ3v) is 3.43. The standard InChI is InChI=1S/C16H15ClN2O3/c17-14-10-18-8-6-13(14)16(22)19(11-15(20)21)9-7-12-4-2-1-3-5-12/h1-6,8,10H,7,9,11H2,(H,20,21). The molecule has 0 saturated heterocycles. The minimum absolute atomic E-state index is 0.211. The number of halogens is 1. The van der Waals surface area contributed by atoms with Gasteiger partial charge in [-0.25, -0.2) is 0 Å². The molecule has 1 amide bonds. The molecule has 0 fully saturated rings. The second kappa shape index (κ2) is 7.56. The number of amides is 1. The van der Waals surface area contributed by atoms with Crippen LogP contribution in [-0.2, 0) is 11.2 Å². The Balaban J connectivity index is 2.13. The summed E-state index contributed by atoms with van der Waals surface area (Å²) in [5, 5.41) is 9.22. The molecule has 0 spiro atoms. The predicted molar refractivity (Wildman–Crippen MR) is 82.9 cm³/mol. The summed E-state index contributed by atoms with van der Waals surface area (Å²) in [7, 11) is 0. The fourth-order valence-electron chi connectivity index (χ4n) is 2.04. The van der Waals surface area contributed by atoms with Crippen LogP contribution < -0.4 is 0 Å². The van der Waals surface area contributed by atoms with Crippen LogP contribution in [0.1, 0.15) is 15.9 Å². The Kier molecular flexibility index (Phi) is 5.49. The van der Waals surface area contributed by atoms with Crippen molar-refractivity contribution in [2.45, 2.75) is 6.42 Å². The van der Waals surface area contributed by atoms with E-state index in [1.807, 2.05) is 30.3 Å². The van der Waals surface area contributed by atoms with Crippen LogP contribution in [0.5, 0.6) is 0 Å². The maximum absolute atomic E-state index is 12.5. The van der Waals surface area contributed by atoms with Crippen LogP contribution in [-0.4, -0.2) is 40.0 Å². The minimum atomic E-state index is -1.06. The first-order chi connectivity index (χ1) is 10.6. The van der Waals surface area contributed by atoms with Crippen molar-refractivity contribution < 1.29 is 14.7 Å². The lowest BCUT2D eigenvalue weighted by Gasteiger charge is -2.21. The van der Waals surface area contributed by atoms with Crippen molar-refractivity contribution in [1.29, 1.82) is 0 Å². The highest BCUT2D eigenvalue weighted by Crippen LogP contribution is 2.16. The van der Waals surface area contributed by atoms with Gasteiger partial charge in [-0.2, -0.15) is 0 Å². The first-order valence-corrected chi connectivity index (χ1v) is 7.10. The molecule has 0 saturated carbocycles. The fourth-order valence-corrected chi connectivity index (χ4v) is 2.24. The highest BCUT2D eigenvalue weighted by Gasteiger charge is 2.20. The smallest absolute Gasteiger partial charge is 0.323 e. The van der Waals surface area contributed by atoms with Crippen molar-refractivity contribution >= 4 is 23.5 Å². The van der Waals surface area contributed by atoms with E-state index in [9.17, 15) is 9.59 Å². The number of carbonyl (C=O) groups excluding carboxylic acids is 1. The van der Waals surface area contributed by atoms with Crippen molar-refractivity contribution in [3.8, 4) is 0 Å². The zero-order valence-electron chi connectivity index (χ0n) is 11.8. The summed E-state index contributed by atoms with van der Waals surface area (Å²) >= 11 is 5.96.